The Morgan fingerprint density at radius 1 is 0.833 bits per heavy atom. The summed E-state index contributed by atoms with van der Waals surface area (Å²) < 4.78 is 0. The van der Waals surface area contributed by atoms with Gasteiger partial charge in [-0.25, -0.2) is 4.98 Å². The van der Waals surface area contributed by atoms with Gasteiger partial charge in [-0.15, -0.1) is 0 Å². The first kappa shape index (κ1) is 19.8. The fourth-order valence-corrected chi connectivity index (χ4v) is 5.08. The molecule has 154 valence electrons. The molecule has 3 aromatic rings. The molecule has 2 aliphatic heterocycles. The van der Waals surface area contributed by atoms with Gasteiger partial charge in [0.05, 0.1) is 17.6 Å². The summed E-state index contributed by atoms with van der Waals surface area (Å²) in [6.45, 7) is 0. The van der Waals surface area contributed by atoms with Crippen molar-refractivity contribution in [3.63, 3.8) is 0 Å². The van der Waals surface area contributed by atoms with Gasteiger partial charge in [0.25, 0.3) is 0 Å². The highest BCUT2D eigenvalue weighted by Gasteiger charge is 2.38. The van der Waals surface area contributed by atoms with E-state index in [1.807, 2.05) is 54.7 Å². The molecule has 6 heteroatoms. The maximum absolute atomic E-state index is 6.11. The number of halogens is 2. The third kappa shape index (κ3) is 3.92. The Morgan fingerprint density at radius 2 is 1.37 bits per heavy atom. The summed E-state index contributed by atoms with van der Waals surface area (Å²) in [4.78, 5) is 12.3. The van der Waals surface area contributed by atoms with Crippen molar-refractivity contribution >= 4 is 29.0 Å². The van der Waals surface area contributed by atoms with E-state index < -0.39 is 0 Å². The summed E-state index contributed by atoms with van der Waals surface area (Å²) in [6, 6.07) is 17.3. The van der Waals surface area contributed by atoms with E-state index in [-0.39, 0.29) is 0 Å². The van der Waals surface area contributed by atoms with Gasteiger partial charge in [-0.1, -0.05) is 47.5 Å². The Bertz CT molecular complexity index is 1020. The van der Waals surface area contributed by atoms with Gasteiger partial charge < -0.3 is 10.2 Å². The molecule has 1 aromatic heterocycles. The van der Waals surface area contributed by atoms with Crippen LogP contribution in [-0.2, 0) is 0 Å². The van der Waals surface area contributed by atoms with E-state index in [4.69, 9.17) is 33.2 Å². The number of hydrogen-bond acceptors (Lipinski definition) is 4. The van der Waals surface area contributed by atoms with Gasteiger partial charge in [0.15, 0.2) is 0 Å². The highest BCUT2D eigenvalue weighted by molar-refractivity contribution is 6.31. The molecule has 3 heterocycles. The Balaban J connectivity index is 1.48. The predicted molar refractivity (Wildman–Crippen MR) is 124 cm³/mol. The van der Waals surface area contributed by atoms with Gasteiger partial charge in [-0.2, -0.15) is 0 Å². The van der Waals surface area contributed by atoms with Crippen LogP contribution in [0.15, 0.2) is 54.7 Å². The number of fused-ring (bicyclic) bond motifs is 2. The number of piperidine rings is 1. The van der Waals surface area contributed by atoms with Crippen molar-refractivity contribution in [3.05, 3.63) is 64.8 Å². The summed E-state index contributed by atoms with van der Waals surface area (Å²) >= 11 is 12.2. The van der Waals surface area contributed by atoms with E-state index in [1.165, 1.54) is 12.8 Å². The van der Waals surface area contributed by atoms with Crippen LogP contribution in [0.25, 0.3) is 22.5 Å². The molecule has 0 saturated carbocycles. The first-order valence-corrected chi connectivity index (χ1v) is 11.2. The van der Waals surface area contributed by atoms with Crippen molar-refractivity contribution in [2.75, 3.05) is 12.4 Å². The van der Waals surface area contributed by atoms with Gasteiger partial charge in [0, 0.05) is 39.3 Å². The summed E-state index contributed by atoms with van der Waals surface area (Å²) in [5.74, 6) is 0.826. The summed E-state index contributed by atoms with van der Waals surface area (Å²) in [5.41, 5.74) is 3.66. The van der Waals surface area contributed by atoms with Crippen LogP contribution in [0.1, 0.15) is 25.7 Å². The van der Waals surface area contributed by atoms with Gasteiger partial charge in [-0.3, -0.25) is 4.98 Å². The summed E-state index contributed by atoms with van der Waals surface area (Å²) in [7, 11) is 2.26. The zero-order chi connectivity index (χ0) is 20.7. The Hall–Kier alpha value is -2.14. The van der Waals surface area contributed by atoms with E-state index in [0.29, 0.717) is 28.2 Å². The maximum Gasteiger partial charge on any atom is 0.145 e. The molecular weight excluding hydrogens is 415 g/mol. The second-order valence-electron chi connectivity index (χ2n) is 8.33. The standard InChI is InChI=1S/C24H24Cl2N4/c1-30-20-10-11-21(30)13-19(12-20)28-22-14-27-23(15-2-6-17(25)7-3-15)24(29-22)16-4-8-18(26)9-5-16/h2-9,14,19-21H,10-13H2,1H3,(H,28,29). The zero-order valence-corrected chi connectivity index (χ0v) is 18.4. The largest absolute Gasteiger partial charge is 0.366 e. The monoisotopic (exact) mass is 438 g/mol. The molecule has 5 rings (SSSR count). The minimum Gasteiger partial charge on any atom is -0.366 e. The quantitative estimate of drug-likeness (QED) is 0.529. The molecule has 2 saturated heterocycles. The lowest BCUT2D eigenvalue weighted by atomic mass is 9.98. The molecule has 2 atom stereocenters. The second kappa shape index (κ2) is 8.18. The van der Waals surface area contributed by atoms with Gasteiger partial charge in [0.1, 0.15) is 5.82 Å². The first-order chi connectivity index (χ1) is 14.6. The Labute approximate surface area is 187 Å². The molecule has 0 aliphatic carbocycles. The molecule has 2 fully saturated rings. The minimum absolute atomic E-state index is 0.437. The van der Waals surface area contributed by atoms with E-state index in [0.717, 1.165) is 41.2 Å². The minimum atomic E-state index is 0.437. The smallest absolute Gasteiger partial charge is 0.145 e. The average Bonchev–Trinajstić information content (AvgIpc) is 2.96. The predicted octanol–water partition coefficient (Wildman–Crippen LogP) is 6.15. The summed E-state index contributed by atoms with van der Waals surface area (Å²) in [5, 5.41) is 5.07. The molecule has 0 amide bonds. The second-order valence-corrected chi connectivity index (χ2v) is 9.20. The van der Waals surface area contributed by atoms with E-state index in [1.54, 1.807) is 0 Å². The van der Waals surface area contributed by atoms with Crippen molar-refractivity contribution in [1.29, 1.82) is 0 Å². The molecule has 4 nitrogen and oxygen atoms in total. The van der Waals surface area contributed by atoms with Crippen LogP contribution in [0, 0.1) is 0 Å². The van der Waals surface area contributed by atoms with Gasteiger partial charge in [-0.05, 0) is 57.0 Å². The van der Waals surface area contributed by atoms with Crippen LogP contribution in [0.4, 0.5) is 5.82 Å². The molecule has 30 heavy (non-hydrogen) atoms. The highest BCUT2D eigenvalue weighted by Crippen LogP contribution is 2.36. The number of benzene rings is 2. The molecular formula is C24H24Cl2N4. The third-order valence-electron chi connectivity index (χ3n) is 6.46. The zero-order valence-electron chi connectivity index (χ0n) is 16.9. The number of hydrogen-bond donors (Lipinski definition) is 1. The summed E-state index contributed by atoms with van der Waals surface area (Å²) in [6.07, 6.45) is 6.77. The molecule has 0 spiro atoms. The van der Waals surface area contributed by atoms with Crippen molar-refractivity contribution in [2.45, 2.75) is 43.8 Å². The number of aromatic nitrogens is 2. The van der Waals surface area contributed by atoms with Crippen LogP contribution in [0.3, 0.4) is 0 Å². The lowest BCUT2D eigenvalue weighted by Crippen LogP contribution is -2.44. The number of rotatable bonds is 4. The maximum atomic E-state index is 6.11. The van der Waals surface area contributed by atoms with Crippen LogP contribution >= 0.6 is 23.2 Å². The number of nitrogens with zero attached hydrogens (tertiary/aromatic N) is 3. The Kier molecular flexibility index (Phi) is 5.40. The lowest BCUT2D eigenvalue weighted by molar-refractivity contribution is 0.169. The molecule has 2 aromatic carbocycles. The van der Waals surface area contributed by atoms with Gasteiger partial charge >= 0.3 is 0 Å². The van der Waals surface area contributed by atoms with Crippen molar-refractivity contribution in [1.82, 2.24) is 14.9 Å². The van der Waals surface area contributed by atoms with Gasteiger partial charge in [0.2, 0.25) is 0 Å². The average molecular weight is 439 g/mol. The first-order valence-electron chi connectivity index (χ1n) is 10.4. The molecule has 1 N–H and O–H groups in total. The van der Waals surface area contributed by atoms with Crippen LogP contribution in [-0.4, -0.2) is 40.0 Å². The fraction of sp³-hybridized carbons (Fsp3) is 0.333. The van der Waals surface area contributed by atoms with E-state index in [9.17, 15) is 0 Å². The molecule has 2 aliphatic rings. The SMILES string of the molecule is CN1C2CCC1CC(Nc1cnc(-c3ccc(Cl)cc3)c(-c3ccc(Cl)cc3)n1)C2. The van der Waals surface area contributed by atoms with Crippen molar-refractivity contribution in [2.24, 2.45) is 0 Å². The molecule has 0 radical (unpaired) electrons. The molecule has 2 bridgehead atoms. The van der Waals surface area contributed by atoms with E-state index in [2.05, 4.69) is 17.3 Å². The fourth-order valence-electron chi connectivity index (χ4n) is 4.83. The topological polar surface area (TPSA) is 41.0 Å². The van der Waals surface area contributed by atoms with Crippen molar-refractivity contribution in [3.8, 4) is 22.5 Å². The number of nitrogens with one attached hydrogen (secondary N) is 1. The third-order valence-corrected chi connectivity index (χ3v) is 6.96. The lowest BCUT2D eigenvalue weighted by Gasteiger charge is -2.36. The number of anilines is 1. The normalized spacial score (nSPS) is 23.5. The van der Waals surface area contributed by atoms with E-state index >= 15 is 0 Å². The molecule has 2 unspecified atom stereocenters. The van der Waals surface area contributed by atoms with Crippen LogP contribution in [0.2, 0.25) is 10.0 Å². The van der Waals surface area contributed by atoms with Crippen molar-refractivity contribution < 1.29 is 0 Å². The van der Waals surface area contributed by atoms with Crippen LogP contribution in [0.5, 0.6) is 0 Å². The van der Waals surface area contributed by atoms with Crippen LogP contribution < -0.4 is 5.32 Å². The highest BCUT2D eigenvalue weighted by atomic mass is 35.5. The Morgan fingerprint density at radius 3 is 1.93 bits per heavy atom.